The van der Waals surface area contributed by atoms with Crippen molar-refractivity contribution in [3.63, 3.8) is 0 Å². The van der Waals surface area contributed by atoms with Crippen LogP contribution in [0, 0.1) is 5.92 Å². The van der Waals surface area contributed by atoms with Crippen molar-refractivity contribution < 1.29 is 13.2 Å². The molecule has 0 aliphatic heterocycles. The van der Waals surface area contributed by atoms with Gasteiger partial charge in [0, 0.05) is 12.2 Å². The molecule has 1 aliphatic rings. The van der Waals surface area contributed by atoms with E-state index in [-0.39, 0.29) is 0 Å². The number of anilines is 1. The minimum Gasteiger partial charge on any atom is -0.367 e. The molecule has 0 unspecified atom stereocenters. The summed E-state index contributed by atoms with van der Waals surface area (Å²) in [4.78, 5) is 3.86. The number of alkyl halides is 3. The predicted molar refractivity (Wildman–Crippen MR) is 73.5 cm³/mol. The van der Waals surface area contributed by atoms with Crippen LogP contribution in [-0.2, 0) is 6.18 Å². The molecule has 2 rings (SSSR count). The third-order valence-electron chi connectivity index (χ3n) is 3.99. The van der Waals surface area contributed by atoms with Crippen molar-refractivity contribution >= 4 is 5.82 Å². The van der Waals surface area contributed by atoms with Crippen LogP contribution in [0.15, 0.2) is 18.3 Å². The van der Waals surface area contributed by atoms with Gasteiger partial charge in [-0.25, -0.2) is 4.98 Å². The Balaban J connectivity index is 1.85. The van der Waals surface area contributed by atoms with Crippen molar-refractivity contribution in [1.82, 2.24) is 4.98 Å². The van der Waals surface area contributed by atoms with Gasteiger partial charge in [0.1, 0.15) is 5.82 Å². The molecule has 1 N–H and O–H groups in total. The zero-order valence-electron chi connectivity index (χ0n) is 11.7. The van der Waals surface area contributed by atoms with Gasteiger partial charge < -0.3 is 5.32 Å². The molecule has 0 spiro atoms. The molecule has 1 aromatic heterocycles. The van der Waals surface area contributed by atoms with E-state index < -0.39 is 11.7 Å². The van der Waals surface area contributed by atoms with E-state index in [1.165, 1.54) is 31.7 Å². The number of pyridine rings is 1. The first kappa shape index (κ1) is 15.1. The number of hydrogen-bond acceptors (Lipinski definition) is 2. The third-order valence-corrected chi connectivity index (χ3v) is 3.99. The Labute approximate surface area is 117 Å². The Morgan fingerprint density at radius 2 is 1.90 bits per heavy atom. The SMILES string of the molecule is CCCC1CCC(Nc2ccc(C(F)(F)F)cn2)CC1. The molecule has 5 heteroatoms. The molecule has 1 heterocycles. The van der Waals surface area contributed by atoms with E-state index in [0.717, 1.165) is 31.0 Å². The zero-order chi connectivity index (χ0) is 14.6. The predicted octanol–water partition coefficient (Wildman–Crippen LogP) is 4.87. The molecule has 2 nitrogen and oxygen atoms in total. The topological polar surface area (TPSA) is 24.9 Å². The molecule has 1 aliphatic carbocycles. The van der Waals surface area contributed by atoms with Crippen LogP contribution in [0.1, 0.15) is 51.0 Å². The van der Waals surface area contributed by atoms with Crippen molar-refractivity contribution in [3.8, 4) is 0 Å². The summed E-state index contributed by atoms with van der Waals surface area (Å²) in [7, 11) is 0. The summed E-state index contributed by atoms with van der Waals surface area (Å²) >= 11 is 0. The van der Waals surface area contributed by atoms with Gasteiger partial charge in [-0.2, -0.15) is 13.2 Å². The summed E-state index contributed by atoms with van der Waals surface area (Å²) in [5, 5.41) is 3.24. The van der Waals surface area contributed by atoms with Crippen LogP contribution < -0.4 is 5.32 Å². The highest BCUT2D eigenvalue weighted by Crippen LogP contribution is 2.31. The molecule has 0 amide bonds. The summed E-state index contributed by atoms with van der Waals surface area (Å²) in [6.07, 6.45) is 3.64. The number of halogens is 3. The Morgan fingerprint density at radius 1 is 1.20 bits per heavy atom. The fraction of sp³-hybridized carbons (Fsp3) is 0.667. The highest BCUT2D eigenvalue weighted by molar-refractivity contribution is 5.37. The third kappa shape index (κ3) is 4.12. The highest BCUT2D eigenvalue weighted by Gasteiger charge is 2.30. The molecule has 0 aromatic carbocycles. The number of nitrogens with one attached hydrogen (secondary N) is 1. The van der Waals surface area contributed by atoms with Crippen LogP contribution in [0.5, 0.6) is 0 Å². The Morgan fingerprint density at radius 3 is 2.40 bits per heavy atom. The van der Waals surface area contributed by atoms with Gasteiger partial charge in [0.25, 0.3) is 0 Å². The first-order valence-electron chi connectivity index (χ1n) is 7.29. The van der Waals surface area contributed by atoms with Gasteiger partial charge in [0.05, 0.1) is 5.56 Å². The first-order valence-corrected chi connectivity index (χ1v) is 7.29. The molecular weight excluding hydrogens is 265 g/mol. The van der Waals surface area contributed by atoms with E-state index in [4.69, 9.17) is 0 Å². The van der Waals surface area contributed by atoms with E-state index >= 15 is 0 Å². The minimum atomic E-state index is -4.32. The standard InChI is InChI=1S/C15H21F3N2/c1-2-3-11-4-7-13(8-5-11)20-14-9-6-12(10-19-14)15(16,17)18/h6,9-11,13H,2-5,7-8H2,1H3,(H,19,20). The van der Waals surface area contributed by atoms with Crippen LogP contribution in [0.4, 0.5) is 19.0 Å². The summed E-state index contributed by atoms with van der Waals surface area (Å²) in [5.41, 5.74) is -0.699. The Kier molecular flexibility index (Phi) is 4.89. The molecule has 1 aromatic rings. The Hall–Kier alpha value is -1.26. The van der Waals surface area contributed by atoms with Gasteiger partial charge in [0.15, 0.2) is 0 Å². The number of rotatable bonds is 4. The van der Waals surface area contributed by atoms with Crippen LogP contribution in [-0.4, -0.2) is 11.0 Å². The number of nitrogens with zero attached hydrogens (tertiary/aromatic N) is 1. The average molecular weight is 286 g/mol. The van der Waals surface area contributed by atoms with Crippen molar-refractivity contribution in [2.45, 2.75) is 57.7 Å². The highest BCUT2D eigenvalue weighted by atomic mass is 19.4. The fourth-order valence-electron chi connectivity index (χ4n) is 2.86. The lowest BCUT2D eigenvalue weighted by molar-refractivity contribution is -0.137. The van der Waals surface area contributed by atoms with Crippen molar-refractivity contribution in [1.29, 1.82) is 0 Å². The molecule has 0 saturated heterocycles. The lowest BCUT2D eigenvalue weighted by atomic mass is 9.83. The average Bonchev–Trinajstić information content (AvgIpc) is 2.41. The zero-order valence-corrected chi connectivity index (χ0v) is 11.7. The second kappa shape index (κ2) is 6.46. The second-order valence-corrected chi connectivity index (χ2v) is 5.58. The molecule has 0 radical (unpaired) electrons. The smallest absolute Gasteiger partial charge is 0.367 e. The molecule has 1 fully saturated rings. The van der Waals surface area contributed by atoms with Crippen LogP contribution >= 0.6 is 0 Å². The van der Waals surface area contributed by atoms with Gasteiger partial charge in [0.2, 0.25) is 0 Å². The molecule has 0 atom stereocenters. The maximum atomic E-state index is 12.4. The number of aromatic nitrogens is 1. The largest absolute Gasteiger partial charge is 0.417 e. The van der Waals surface area contributed by atoms with Gasteiger partial charge in [-0.15, -0.1) is 0 Å². The second-order valence-electron chi connectivity index (χ2n) is 5.58. The van der Waals surface area contributed by atoms with Crippen LogP contribution in [0.3, 0.4) is 0 Å². The van der Waals surface area contributed by atoms with Gasteiger partial charge in [-0.3, -0.25) is 0 Å². The first-order chi connectivity index (χ1) is 9.49. The molecule has 0 bridgehead atoms. The normalized spacial score (nSPS) is 23.6. The van der Waals surface area contributed by atoms with Crippen molar-refractivity contribution in [3.05, 3.63) is 23.9 Å². The van der Waals surface area contributed by atoms with E-state index in [9.17, 15) is 13.2 Å². The molecule has 112 valence electrons. The molecular formula is C15H21F3N2. The quantitative estimate of drug-likeness (QED) is 0.854. The van der Waals surface area contributed by atoms with Crippen molar-refractivity contribution in [2.24, 2.45) is 5.92 Å². The van der Waals surface area contributed by atoms with E-state index in [2.05, 4.69) is 17.2 Å². The van der Waals surface area contributed by atoms with Crippen LogP contribution in [0.25, 0.3) is 0 Å². The monoisotopic (exact) mass is 286 g/mol. The van der Waals surface area contributed by atoms with Gasteiger partial charge >= 0.3 is 6.18 Å². The van der Waals surface area contributed by atoms with Gasteiger partial charge in [-0.1, -0.05) is 19.8 Å². The fourth-order valence-corrected chi connectivity index (χ4v) is 2.86. The van der Waals surface area contributed by atoms with E-state index in [0.29, 0.717) is 11.9 Å². The van der Waals surface area contributed by atoms with E-state index in [1.807, 2.05) is 0 Å². The van der Waals surface area contributed by atoms with Crippen molar-refractivity contribution in [2.75, 3.05) is 5.32 Å². The van der Waals surface area contributed by atoms with E-state index in [1.54, 1.807) is 0 Å². The maximum absolute atomic E-state index is 12.4. The maximum Gasteiger partial charge on any atom is 0.417 e. The van der Waals surface area contributed by atoms with Crippen LogP contribution in [0.2, 0.25) is 0 Å². The summed E-state index contributed by atoms with van der Waals surface area (Å²) in [5.74, 6) is 1.36. The summed E-state index contributed by atoms with van der Waals surface area (Å²) in [6.45, 7) is 2.20. The summed E-state index contributed by atoms with van der Waals surface area (Å²) in [6, 6.07) is 2.84. The number of hydrogen-bond donors (Lipinski definition) is 1. The molecule has 1 saturated carbocycles. The Bertz CT molecular complexity index is 406. The van der Waals surface area contributed by atoms with Gasteiger partial charge in [-0.05, 0) is 43.7 Å². The minimum absolute atomic E-state index is 0.340. The summed E-state index contributed by atoms with van der Waals surface area (Å²) < 4.78 is 37.3. The lowest BCUT2D eigenvalue weighted by Gasteiger charge is -2.29. The molecule has 20 heavy (non-hydrogen) atoms. The lowest BCUT2D eigenvalue weighted by Crippen LogP contribution is -2.26.